The fourth-order valence-electron chi connectivity index (χ4n) is 3.28. The number of aromatic nitrogens is 2. The molecule has 2 unspecified atom stereocenters. The van der Waals surface area contributed by atoms with Crippen molar-refractivity contribution in [2.45, 2.75) is 91.7 Å². The maximum atomic E-state index is 10.5. The molecule has 1 aliphatic carbocycles. The first kappa shape index (κ1) is 19.7. The summed E-state index contributed by atoms with van der Waals surface area (Å²) in [5.41, 5.74) is 2.50. The number of ether oxygens (including phenoxy) is 1. The van der Waals surface area contributed by atoms with E-state index in [9.17, 15) is 4.79 Å². The number of nitrogens with zero attached hydrogens (tertiary/aromatic N) is 2. The Balaban J connectivity index is 0.00000264. The van der Waals surface area contributed by atoms with Crippen LogP contribution in [-0.4, -0.2) is 22.4 Å². The zero-order chi connectivity index (χ0) is 16.3. The molecule has 0 aromatic carbocycles. The highest BCUT2D eigenvalue weighted by Gasteiger charge is 2.30. The molecule has 2 rings (SSSR count). The molecule has 132 valence electrons. The largest absolute Gasteiger partial charge is 0.465 e. The summed E-state index contributed by atoms with van der Waals surface area (Å²) in [6, 6.07) is 2.28. The lowest BCUT2D eigenvalue weighted by molar-refractivity contribution is -0.133. The summed E-state index contributed by atoms with van der Waals surface area (Å²) in [6.07, 6.45) is 5.24. The molecule has 0 saturated heterocycles. The van der Waals surface area contributed by atoms with Crippen LogP contribution in [0.3, 0.4) is 0 Å². The molecular formula is C19H34N2O2. The highest BCUT2D eigenvalue weighted by atomic mass is 16.5. The first-order valence-corrected chi connectivity index (χ1v) is 8.53. The number of hydrogen-bond donors (Lipinski definition) is 0. The van der Waals surface area contributed by atoms with Gasteiger partial charge < -0.3 is 4.74 Å². The van der Waals surface area contributed by atoms with E-state index in [1.165, 1.54) is 17.8 Å². The molecule has 1 heterocycles. The summed E-state index contributed by atoms with van der Waals surface area (Å²) in [4.78, 5) is 10.5. The van der Waals surface area contributed by atoms with Gasteiger partial charge in [-0.2, -0.15) is 5.10 Å². The lowest BCUT2D eigenvalue weighted by Gasteiger charge is -2.23. The van der Waals surface area contributed by atoms with Crippen molar-refractivity contribution in [1.29, 1.82) is 0 Å². The lowest BCUT2D eigenvalue weighted by atomic mass is 9.99. The van der Waals surface area contributed by atoms with Crippen LogP contribution in [0.25, 0.3) is 0 Å². The quantitative estimate of drug-likeness (QED) is 0.715. The Labute approximate surface area is 141 Å². The fourth-order valence-corrected chi connectivity index (χ4v) is 3.28. The lowest BCUT2D eigenvalue weighted by Crippen LogP contribution is -2.26. The summed E-state index contributed by atoms with van der Waals surface area (Å²) in [7, 11) is 0. The van der Waals surface area contributed by atoms with Gasteiger partial charge in [0.05, 0.1) is 11.2 Å². The average Bonchev–Trinajstić information content (AvgIpc) is 3.05. The highest BCUT2D eigenvalue weighted by molar-refractivity contribution is 5.37. The van der Waals surface area contributed by atoms with Gasteiger partial charge in [0.2, 0.25) is 0 Å². The molecule has 0 N–H and O–H groups in total. The highest BCUT2D eigenvalue weighted by Crippen LogP contribution is 2.36. The van der Waals surface area contributed by atoms with Crippen molar-refractivity contribution in [2.24, 2.45) is 5.92 Å². The Hall–Kier alpha value is -1.32. The van der Waals surface area contributed by atoms with Gasteiger partial charge in [-0.1, -0.05) is 27.7 Å². The predicted molar refractivity (Wildman–Crippen MR) is 94.6 cm³/mol. The second-order valence-corrected chi connectivity index (χ2v) is 7.73. The van der Waals surface area contributed by atoms with E-state index >= 15 is 0 Å². The minimum absolute atomic E-state index is 0. The average molecular weight is 322 g/mol. The van der Waals surface area contributed by atoms with Crippen LogP contribution in [0.15, 0.2) is 6.07 Å². The molecule has 0 bridgehead atoms. The smallest absolute Gasteiger partial charge is 0.293 e. The summed E-state index contributed by atoms with van der Waals surface area (Å²) in [5, 5.41) is 4.92. The van der Waals surface area contributed by atoms with E-state index in [-0.39, 0.29) is 19.1 Å². The Kier molecular flexibility index (Phi) is 6.84. The van der Waals surface area contributed by atoms with Crippen LogP contribution >= 0.6 is 0 Å². The first-order valence-electron chi connectivity index (χ1n) is 8.53. The molecule has 0 radical (unpaired) electrons. The third-order valence-electron chi connectivity index (χ3n) is 4.74. The Morgan fingerprint density at radius 1 is 1.43 bits per heavy atom. The van der Waals surface area contributed by atoms with Gasteiger partial charge in [-0.25, -0.2) is 0 Å². The Morgan fingerprint density at radius 2 is 2.13 bits per heavy atom. The molecule has 3 atom stereocenters. The third-order valence-corrected chi connectivity index (χ3v) is 4.74. The van der Waals surface area contributed by atoms with Gasteiger partial charge in [-0.15, -0.1) is 0 Å². The summed E-state index contributed by atoms with van der Waals surface area (Å²) >= 11 is 0. The van der Waals surface area contributed by atoms with Crippen molar-refractivity contribution < 1.29 is 9.53 Å². The monoisotopic (exact) mass is 322 g/mol. The van der Waals surface area contributed by atoms with Crippen molar-refractivity contribution in [2.75, 3.05) is 0 Å². The van der Waals surface area contributed by atoms with Crippen LogP contribution in [0.1, 0.15) is 85.0 Å². The van der Waals surface area contributed by atoms with Gasteiger partial charge in [0.1, 0.15) is 6.10 Å². The van der Waals surface area contributed by atoms with Crippen molar-refractivity contribution >= 4 is 6.47 Å². The van der Waals surface area contributed by atoms with Crippen molar-refractivity contribution in [3.05, 3.63) is 17.5 Å². The molecule has 0 aliphatic heterocycles. The predicted octanol–water partition coefficient (Wildman–Crippen LogP) is 4.67. The van der Waals surface area contributed by atoms with E-state index in [1.807, 2.05) is 0 Å². The van der Waals surface area contributed by atoms with Gasteiger partial charge >= 0.3 is 0 Å². The van der Waals surface area contributed by atoms with Gasteiger partial charge in [0.15, 0.2) is 0 Å². The number of carbonyl (C=O) groups excluding carboxylic acids is 1. The number of rotatable bonds is 6. The minimum atomic E-state index is -0.00164. The molecule has 4 nitrogen and oxygen atoms in total. The van der Waals surface area contributed by atoms with Crippen LogP contribution < -0.4 is 0 Å². The van der Waals surface area contributed by atoms with Gasteiger partial charge in [-0.3, -0.25) is 9.48 Å². The van der Waals surface area contributed by atoms with Crippen LogP contribution in [0.4, 0.5) is 0 Å². The van der Waals surface area contributed by atoms with Gasteiger partial charge in [0.25, 0.3) is 6.47 Å². The molecule has 4 heteroatoms. The summed E-state index contributed by atoms with van der Waals surface area (Å²) in [6.45, 7) is 11.7. The Bertz CT molecular complexity index is 502. The van der Waals surface area contributed by atoms with E-state index in [0.29, 0.717) is 18.3 Å². The van der Waals surface area contributed by atoms with E-state index < -0.39 is 0 Å². The van der Waals surface area contributed by atoms with Crippen LogP contribution in [0, 0.1) is 5.92 Å². The minimum Gasteiger partial charge on any atom is -0.465 e. The van der Waals surface area contributed by atoms with Crippen molar-refractivity contribution in [3.63, 3.8) is 0 Å². The maximum Gasteiger partial charge on any atom is 0.293 e. The molecule has 0 spiro atoms. The van der Waals surface area contributed by atoms with Crippen LogP contribution in [-0.2, 0) is 21.5 Å². The molecule has 0 amide bonds. The maximum absolute atomic E-state index is 10.5. The summed E-state index contributed by atoms with van der Waals surface area (Å²) in [5.74, 6) is 1.09. The van der Waals surface area contributed by atoms with E-state index in [2.05, 4.69) is 45.4 Å². The zero-order valence-electron chi connectivity index (χ0n) is 14.6. The van der Waals surface area contributed by atoms with Crippen molar-refractivity contribution in [1.82, 2.24) is 9.78 Å². The zero-order valence-corrected chi connectivity index (χ0v) is 14.6. The molecule has 1 aromatic heterocycles. The SMILES string of the molecule is C.CC[C@H](C)Cc1cc(C2CCC(OC=O)C2)nn1C(C)(C)C. The topological polar surface area (TPSA) is 44.1 Å². The second kappa shape index (κ2) is 7.98. The molecule has 1 saturated carbocycles. The standard InChI is InChI=1S/C18H30N2O2.CH4/c1-6-13(2)9-15-11-17(19-20(15)18(3,4)5)14-7-8-16(10-14)22-12-21;/h11-14,16H,6-10H2,1-5H3;1H4/t13-,14?,16?;/m0./s1. The van der Waals surface area contributed by atoms with Crippen LogP contribution in [0.2, 0.25) is 0 Å². The molecular weight excluding hydrogens is 288 g/mol. The normalized spacial score (nSPS) is 22.5. The van der Waals surface area contributed by atoms with E-state index in [4.69, 9.17) is 9.84 Å². The van der Waals surface area contributed by atoms with E-state index in [1.54, 1.807) is 0 Å². The number of carbonyl (C=O) groups is 1. The van der Waals surface area contributed by atoms with Crippen molar-refractivity contribution in [3.8, 4) is 0 Å². The fraction of sp³-hybridized carbons (Fsp3) is 0.789. The first-order chi connectivity index (χ1) is 10.3. The second-order valence-electron chi connectivity index (χ2n) is 7.73. The molecule has 23 heavy (non-hydrogen) atoms. The van der Waals surface area contributed by atoms with Crippen LogP contribution in [0.5, 0.6) is 0 Å². The Morgan fingerprint density at radius 3 is 2.70 bits per heavy atom. The summed E-state index contributed by atoms with van der Waals surface area (Å²) < 4.78 is 7.32. The number of hydrogen-bond acceptors (Lipinski definition) is 3. The van der Waals surface area contributed by atoms with Gasteiger partial charge in [-0.05, 0) is 58.4 Å². The van der Waals surface area contributed by atoms with E-state index in [0.717, 1.165) is 25.7 Å². The molecule has 1 aromatic rings. The molecule has 1 fully saturated rings. The molecule has 1 aliphatic rings. The third kappa shape index (κ3) is 4.82. The van der Waals surface area contributed by atoms with Gasteiger partial charge in [0, 0.05) is 11.6 Å².